The number of nitrogens with zero attached hydrogens (tertiary/aromatic N) is 1. The number of rotatable bonds is 4. The van der Waals surface area contributed by atoms with Crippen molar-refractivity contribution in [2.45, 2.75) is 44.5 Å². The van der Waals surface area contributed by atoms with Crippen molar-refractivity contribution in [3.05, 3.63) is 46.2 Å². The highest BCUT2D eigenvalue weighted by atomic mass is 32.1. The van der Waals surface area contributed by atoms with Gasteiger partial charge in [-0.15, -0.1) is 11.3 Å². The van der Waals surface area contributed by atoms with Gasteiger partial charge in [0.2, 0.25) is 0 Å². The van der Waals surface area contributed by atoms with Gasteiger partial charge >= 0.3 is 0 Å². The van der Waals surface area contributed by atoms with E-state index in [1.165, 1.54) is 12.1 Å². The molecule has 3 unspecified atom stereocenters. The van der Waals surface area contributed by atoms with Gasteiger partial charge in [-0.2, -0.15) is 0 Å². The van der Waals surface area contributed by atoms with Crippen LogP contribution in [0.4, 0.5) is 4.39 Å². The molecule has 2 aliphatic rings. The van der Waals surface area contributed by atoms with E-state index in [-0.39, 0.29) is 23.9 Å². The molecule has 2 fully saturated rings. The van der Waals surface area contributed by atoms with Crippen molar-refractivity contribution in [1.82, 2.24) is 4.98 Å². The van der Waals surface area contributed by atoms with Gasteiger partial charge in [-0.05, 0) is 49.9 Å². The van der Waals surface area contributed by atoms with Crippen molar-refractivity contribution in [3.8, 4) is 5.75 Å². The van der Waals surface area contributed by atoms with Crippen molar-refractivity contribution in [3.63, 3.8) is 0 Å². The van der Waals surface area contributed by atoms with Crippen LogP contribution in [0.3, 0.4) is 0 Å². The average Bonchev–Trinajstić information content (AvgIpc) is 3.16. The van der Waals surface area contributed by atoms with Crippen LogP contribution in [-0.4, -0.2) is 28.9 Å². The first-order chi connectivity index (χ1) is 12.1. The van der Waals surface area contributed by atoms with Crippen LogP contribution in [0.2, 0.25) is 0 Å². The Hall–Kier alpha value is -1.50. The highest BCUT2D eigenvalue weighted by Crippen LogP contribution is 2.46. The molecule has 1 aromatic carbocycles. The van der Waals surface area contributed by atoms with Crippen LogP contribution in [0.5, 0.6) is 5.75 Å². The van der Waals surface area contributed by atoms with E-state index in [0.717, 1.165) is 23.5 Å². The maximum atomic E-state index is 13.0. The Bertz CT molecular complexity index is 720. The van der Waals surface area contributed by atoms with Gasteiger partial charge in [-0.3, -0.25) is 0 Å². The molecule has 1 saturated carbocycles. The topological polar surface area (TPSA) is 51.6 Å². The predicted molar refractivity (Wildman–Crippen MR) is 93.2 cm³/mol. The molecule has 1 saturated heterocycles. The van der Waals surface area contributed by atoms with Gasteiger partial charge in [0.1, 0.15) is 22.7 Å². The lowest BCUT2D eigenvalue weighted by Crippen LogP contribution is -2.33. The molecule has 2 aromatic rings. The zero-order valence-electron chi connectivity index (χ0n) is 14.1. The lowest BCUT2D eigenvalue weighted by molar-refractivity contribution is -0.0812. The summed E-state index contributed by atoms with van der Waals surface area (Å²) in [6.07, 6.45) is 2.25. The van der Waals surface area contributed by atoms with Gasteiger partial charge in [0, 0.05) is 23.4 Å². The maximum absolute atomic E-state index is 13.0. The van der Waals surface area contributed by atoms with E-state index < -0.39 is 6.10 Å². The summed E-state index contributed by atoms with van der Waals surface area (Å²) in [4.78, 5) is 4.55. The molecular weight excluding hydrogens is 341 g/mol. The summed E-state index contributed by atoms with van der Waals surface area (Å²) in [6, 6.07) is 6.00. The van der Waals surface area contributed by atoms with Crippen LogP contribution < -0.4 is 4.74 Å². The molecule has 4 rings (SSSR count). The van der Waals surface area contributed by atoms with Gasteiger partial charge in [-0.1, -0.05) is 0 Å². The minimum absolute atomic E-state index is 0.0453. The molecule has 1 aliphatic carbocycles. The van der Waals surface area contributed by atoms with Crippen molar-refractivity contribution >= 4 is 11.3 Å². The summed E-state index contributed by atoms with van der Waals surface area (Å²) in [5.74, 6) is 0.698. The SMILES string of the molecule is Cc1csc(C2CC[C@@H]3C(COc4ccc(F)cc4)C(O)C[C@@H]3O2)n1. The summed E-state index contributed by atoms with van der Waals surface area (Å²) in [5, 5.41) is 13.6. The summed E-state index contributed by atoms with van der Waals surface area (Å²) in [5.41, 5.74) is 1.03. The highest BCUT2D eigenvalue weighted by Gasteiger charge is 2.47. The Labute approximate surface area is 150 Å². The van der Waals surface area contributed by atoms with Crippen LogP contribution in [0.15, 0.2) is 29.6 Å². The Kier molecular flexibility index (Phi) is 4.75. The first-order valence-corrected chi connectivity index (χ1v) is 9.62. The summed E-state index contributed by atoms with van der Waals surface area (Å²) in [6.45, 7) is 2.42. The van der Waals surface area contributed by atoms with E-state index in [1.54, 1.807) is 23.5 Å². The molecule has 134 valence electrons. The largest absolute Gasteiger partial charge is 0.493 e. The third-order valence-corrected chi connectivity index (χ3v) is 6.32. The van der Waals surface area contributed by atoms with Crippen LogP contribution in [0.25, 0.3) is 0 Å². The molecule has 6 heteroatoms. The van der Waals surface area contributed by atoms with Crippen molar-refractivity contribution in [1.29, 1.82) is 0 Å². The minimum Gasteiger partial charge on any atom is -0.493 e. The summed E-state index contributed by atoms with van der Waals surface area (Å²) in [7, 11) is 0. The number of aliphatic hydroxyl groups is 1. The Morgan fingerprint density at radius 1 is 1.32 bits per heavy atom. The normalized spacial score (nSPS) is 31.7. The monoisotopic (exact) mass is 363 g/mol. The highest BCUT2D eigenvalue weighted by molar-refractivity contribution is 7.09. The van der Waals surface area contributed by atoms with E-state index in [0.29, 0.717) is 24.7 Å². The quantitative estimate of drug-likeness (QED) is 0.895. The van der Waals surface area contributed by atoms with E-state index >= 15 is 0 Å². The molecule has 25 heavy (non-hydrogen) atoms. The fourth-order valence-electron chi connectivity index (χ4n) is 3.99. The molecule has 0 bridgehead atoms. The molecule has 0 radical (unpaired) electrons. The van der Waals surface area contributed by atoms with Crippen LogP contribution in [0.1, 0.15) is 36.1 Å². The van der Waals surface area contributed by atoms with E-state index in [9.17, 15) is 9.50 Å². The van der Waals surface area contributed by atoms with Crippen LogP contribution in [-0.2, 0) is 4.74 Å². The second-order valence-electron chi connectivity index (χ2n) is 6.96. The number of aryl methyl sites for hydroxylation is 1. The lowest BCUT2D eigenvalue weighted by atomic mass is 9.87. The number of ether oxygens (including phenoxy) is 2. The molecule has 0 spiro atoms. The summed E-state index contributed by atoms with van der Waals surface area (Å²) >= 11 is 1.65. The number of hydrogen-bond acceptors (Lipinski definition) is 5. The fourth-order valence-corrected chi connectivity index (χ4v) is 4.85. The number of fused-ring (bicyclic) bond motifs is 1. The zero-order valence-corrected chi connectivity index (χ0v) is 14.9. The fraction of sp³-hybridized carbons (Fsp3) is 0.526. The first-order valence-electron chi connectivity index (χ1n) is 8.74. The number of benzene rings is 1. The summed E-state index contributed by atoms with van der Waals surface area (Å²) < 4.78 is 25.0. The van der Waals surface area contributed by atoms with Gasteiger partial charge in [0.25, 0.3) is 0 Å². The van der Waals surface area contributed by atoms with Gasteiger partial charge in [-0.25, -0.2) is 9.37 Å². The van der Waals surface area contributed by atoms with Crippen molar-refractivity contribution < 1.29 is 19.0 Å². The molecule has 1 N–H and O–H groups in total. The third-order valence-electron chi connectivity index (χ3n) is 5.27. The predicted octanol–water partition coefficient (Wildman–Crippen LogP) is 3.89. The number of hydrogen-bond donors (Lipinski definition) is 1. The molecule has 1 aromatic heterocycles. The molecule has 0 amide bonds. The average molecular weight is 363 g/mol. The second-order valence-corrected chi connectivity index (χ2v) is 7.85. The van der Waals surface area contributed by atoms with E-state index in [2.05, 4.69) is 4.98 Å². The van der Waals surface area contributed by atoms with E-state index in [1.807, 2.05) is 12.3 Å². The number of aliphatic hydroxyl groups excluding tert-OH is 1. The minimum atomic E-state index is -0.424. The Balaban J connectivity index is 1.38. The third kappa shape index (κ3) is 3.57. The smallest absolute Gasteiger partial charge is 0.123 e. The number of aromatic nitrogens is 1. The zero-order chi connectivity index (χ0) is 17.4. The molecular formula is C19H22FNO3S. The van der Waals surface area contributed by atoms with Crippen molar-refractivity contribution in [2.75, 3.05) is 6.61 Å². The van der Waals surface area contributed by atoms with Crippen LogP contribution in [0, 0.1) is 24.6 Å². The van der Waals surface area contributed by atoms with Gasteiger partial charge in [0.05, 0.1) is 18.8 Å². The molecule has 1 aliphatic heterocycles. The second kappa shape index (κ2) is 7.02. The standard InChI is InChI=1S/C19H22FNO3S/c1-11-10-25-19(21-11)17-7-6-14-15(16(22)8-18(14)24-17)9-23-13-4-2-12(20)3-5-13/h2-5,10,14-18,22H,6-9H2,1H3/t14-,15?,16?,17?,18+/m1/s1. The first kappa shape index (κ1) is 16.9. The Morgan fingerprint density at radius 2 is 2.12 bits per heavy atom. The van der Waals surface area contributed by atoms with Crippen molar-refractivity contribution in [2.24, 2.45) is 11.8 Å². The van der Waals surface area contributed by atoms with E-state index in [4.69, 9.17) is 9.47 Å². The molecule has 4 nitrogen and oxygen atoms in total. The number of halogens is 1. The molecule has 5 atom stereocenters. The maximum Gasteiger partial charge on any atom is 0.123 e. The van der Waals surface area contributed by atoms with Gasteiger partial charge < -0.3 is 14.6 Å². The molecule has 2 heterocycles. The lowest BCUT2D eigenvalue weighted by Gasteiger charge is -2.33. The van der Waals surface area contributed by atoms with Gasteiger partial charge in [0.15, 0.2) is 0 Å². The van der Waals surface area contributed by atoms with Crippen LogP contribution >= 0.6 is 11.3 Å². The number of thiazole rings is 1. The Morgan fingerprint density at radius 3 is 2.84 bits per heavy atom.